The molecule has 1 aromatic carbocycles. The first kappa shape index (κ1) is 16.9. The molecule has 2 N–H and O–H groups in total. The molecule has 1 saturated carbocycles. The predicted octanol–water partition coefficient (Wildman–Crippen LogP) is 3.90. The van der Waals surface area contributed by atoms with Crippen molar-refractivity contribution < 1.29 is 9.84 Å². The molecule has 2 rings (SSSR count). The van der Waals surface area contributed by atoms with E-state index in [1.807, 2.05) is 0 Å². The zero-order chi connectivity index (χ0) is 15.3. The van der Waals surface area contributed by atoms with Gasteiger partial charge in [-0.25, -0.2) is 0 Å². The molecule has 1 fully saturated rings. The van der Waals surface area contributed by atoms with Crippen LogP contribution in [0.3, 0.4) is 0 Å². The van der Waals surface area contributed by atoms with E-state index >= 15 is 0 Å². The molecule has 21 heavy (non-hydrogen) atoms. The van der Waals surface area contributed by atoms with Gasteiger partial charge in [-0.15, -0.1) is 0 Å². The maximum Gasteiger partial charge on any atom is 0.138 e. The number of hydrogen-bond donors (Lipinski definition) is 2. The minimum Gasteiger partial charge on any atom is -0.489 e. The van der Waals surface area contributed by atoms with Crippen molar-refractivity contribution in [2.75, 3.05) is 19.7 Å². The van der Waals surface area contributed by atoms with Crippen molar-refractivity contribution in [3.8, 4) is 5.75 Å². The van der Waals surface area contributed by atoms with E-state index in [0.717, 1.165) is 6.54 Å². The lowest BCUT2D eigenvalue weighted by Gasteiger charge is -2.24. The van der Waals surface area contributed by atoms with Crippen molar-refractivity contribution in [2.24, 2.45) is 5.41 Å². The highest BCUT2D eigenvalue weighted by atomic mass is 35.5. The Kier molecular flexibility index (Phi) is 6.18. The van der Waals surface area contributed by atoms with Gasteiger partial charge in [0.05, 0.1) is 5.02 Å². The normalized spacial score (nSPS) is 18.7. The van der Waals surface area contributed by atoms with E-state index in [-0.39, 0.29) is 6.61 Å². The van der Waals surface area contributed by atoms with Crippen LogP contribution < -0.4 is 10.1 Å². The smallest absolute Gasteiger partial charge is 0.138 e. The van der Waals surface area contributed by atoms with Crippen LogP contribution in [0.2, 0.25) is 10.0 Å². The summed E-state index contributed by atoms with van der Waals surface area (Å²) in [7, 11) is 0. The van der Waals surface area contributed by atoms with Crippen LogP contribution in [0.15, 0.2) is 18.2 Å². The molecule has 118 valence electrons. The number of hydrogen-bond acceptors (Lipinski definition) is 3. The number of aliphatic hydroxyl groups is 1. The van der Waals surface area contributed by atoms with Gasteiger partial charge in [-0.3, -0.25) is 0 Å². The number of halogens is 2. The summed E-state index contributed by atoms with van der Waals surface area (Å²) >= 11 is 11.8. The molecule has 0 heterocycles. The zero-order valence-corrected chi connectivity index (χ0v) is 13.9. The lowest BCUT2D eigenvalue weighted by Crippen LogP contribution is -2.37. The molecule has 1 unspecified atom stereocenters. The van der Waals surface area contributed by atoms with Gasteiger partial charge in [-0.1, -0.05) is 43.0 Å². The highest BCUT2D eigenvalue weighted by Gasteiger charge is 2.28. The van der Waals surface area contributed by atoms with Crippen LogP contribution >= 0.6 is 23.2 Å². The molecule has 0 radical (unpaired) electrons. The predicted molar refractivity (Wildman–Crippen MR) is 87.4 cm³/mol. The number of ether oxygens (including phenoxy) is 1. The minimum absolute atomic E-state index is 0.213. The molecular formula is C16H23Cl2NO2. The van der Waals surface area contributed by atoms with Crippen LogP contribution in [0.25, 0.3) is 0 Å². The maximum absolute atomic E-state index is 9.96. The second-order valence-corrected chi connectivity index (χ2v) is 7.03. The summed E-state index contributed by atoms with van der Waals surface area (Å²) in [5.74, 6) is 0.544. The molecule has 1 aliphatic rings. The summed E-state index contributed by atoms with van der Waals surface area (Å²) in [6.45, 7) is 4.00. The molecule has 3 nitrogen and oxygen atoms in total. The van der Waals surface area contributed by atoms with Gasteiger partial charge in [0.25, 0.3) is 0 Å². The van der Waals surface area contributed by atoms with Crippen LogP contribution in [0.4, 0.5) is 0 Å². The van der Waals surface area contributed by atoms with E-state index in [2.05, 4.69) is 12.2 Å². The summed E-state index contributed by atoms with van der Waals surface area (Å²) in [5, 5.41) is 14.3. The van der Waals surface area contributed by atoms with Crippen molar-refractivity contribution in [2.45, 2.75) is 38.7 Å². The molecule has 1 atom stereocenters. The SMILES string of the molecule is CC1(CNCC(O)COc2ccc(Cl)cc2Cl)CCCC1. The Balaban J connectivity index is 1.68. The maximum atomic E-state index is 9.96. The monoisotopic (exact) mass is 331 g/mol. The van der Waals surface area contributed by atoms with Crippen molar-refractivity contribution in [1.29, 1.82) is 0 Å². The first-order chi connectivity index (χ1) is 9.98. The first-order valence-corrected chi connectivity index (χ1v) is 8.21. The van der Waals surface area contributed by atoms with Crippen LogP contribution in [0.5, 0.6) is 5.75 Å². The van der Waals surface area contributed by atoms with Gasteiger partial charge in [0.2, 0.25) is 0 Å². The average Bonchev–Trinajstić information content (AvgIpc) is 2.85. The van der Waals surface area contributed by atoms with Crippen molar-refractivity contribution in [1.82, 2.24) is 5.32 Å². The molecular weight excluding hydrogens is 309 g/mol. The van der Waals surface area contributed by atoms with Crippen molar-refractivity contribution >= 4 is 23.2 Å². The van der Waals surface area contributed by atoms with Crippen LogP contribution in [0.1, 0.15) is 32.6 Å². The highest BCUT2D eigenvalue weighted by Crippen LogP contribution is 2.36. The van der Waals surface area contributed by atoms with E-state index in [9.17, 15) is 5.11 Å². The van der Waals surface area contributed by atoms with Gasteiger partial charge in [-0.2, -0.15) is 0 Å². The lowest BCUT2D eigenvalue weighted by atomic mass is 9.89. The topological polar surface area (TPSA) is 41.5 Å². The van der Waals surface area contributed by atoms with E-state index in [1.54, 1.807) is 18.2 Å². The fourth-order valence-electron chi connectivity index (χ4n) is 2.78. The van der Waals surface area contributed by atoms with Crippen LogP contribution in [-0.2, 0) is 0 Å². The van der Waals surface area contributed by atoms with E-state index in [0.29, 0.717) is 27.8 Å². The molecule has 0 amide bonds. The van der Waals surface area contributed by atoms with Gasteiger partial charge >= 0.3 is 0 Å². The highest BCUT2D eigenvalue weighted by molar-refractivity contribution is 6.35. The van der Waals surface area contributed by atoms with Crippen molar-refractivity contribution in [3.05, 3.63) is 28.2 Å². The molecule has 1 aromatic rings. The summed E-state index contributed by atoms with van der Waals surface area (Å²) in [6.07, 6.45) is 4.62. The number of aliphatic hydroxyl groups excluding tert-OH is 1. The van der Waals surface area contributed by atoms with Gasteiger partial charge in [0.15, 0.2) is 0 Å². The Morgan fingerprint density at radius 1 is 1.33 bits per heavy atom. The second-order valence-electron chi connectivity index (χ2n) is 6.19. The third-order valence-corrected chi connectivity index (χ3v) is 4.60. The summed E-state index contributed by atoms with van der Waals surface area (Å²) in [6, 6.07) is 5.06. The Labute approximate surface area is 136 Å². The number of nitrogens with one attached hydrogen (secondary N) is 1. The summed E-state index contributed by atoms with van der Waals surface area (Å²) < 4.78 is 5.52. The van der Waals surface area contributed by atoms with Crippen molar-refractivity contribution in [3.63, 3.8) is 0 Å². The fraction of sp³-hybridized carbons (Fsp3) is 0.625. The average molecular weight is 332 g/mol. The molecule has 0 aliphatic heterocycles. The summed E-state index contributed by atoms with van der Waals surface area (Å²) in [5.41, 5.74) is 0.389. The zero-order valence-electron chi connectivity index (χ0n) is 12.4. The third kappa shape index (κ3) is 5.33. The van der Waals surface area contributed by atoms with Crippen LogP contribution in [0, 0.1) is 5.41 Å². The molecule has 0 saturated heterocycles. The molecule has 0 aromatic heterocycles. The Morgan fingerprint density at radius 2 is 2.05 bits per heavy atom. The van der Waals surface area contributed by atoms with E-state index < -0.39 is 6.10 Å². The van der Waals surface area contributed by atoms with Gasteiger partial charge in [0, 0.05) is 18.1 Å². The number of benzene rings is 1. The second kappa shape index (κ2) is 7.68. The van der Waals surface area contributed by atoms with E-state index in [4.69, 9.17) is 27.9 Å². The fourth-order valence-corrected chi connectivity index (χ4v) is 3.25. The number of rotatable bonds is 7. The summed E-state index contributed by atoms with van der Waals surface area (Å²) in [4.78, 5) is 0. The Morgan fingerprint density at radius 3 is 2.71 bits per heavy atom. The molecule has 0 bridgehead atoms. The lowest BCUT2D eigenvalue weighted by molar-refractivity contribution is 0.103. The molecule has 1 aliphatic carbocycles. The largest absolute Gasteiger partial charge is 0.489 e. The molecule has 0 spiro atoms. The Hall–Kier alpha value is -0.480. The standard InChI is InChI=1S/C16H23Cl2NO2/c1-16(6-2-3-7-16)11-19-9-13(20)10-21-15-5-4-12(17)8-14(15)18/h4-5,8,13,19-20H,2-3,6-7,9-11H2,1H3. The van der Waals surface area contributed by atoms with Gasteiger partial charge < -0.3 is 15.2 Å². The molecule has 5 heteroatoms. The van der Waals surface area contributed by atoms with Gasteiger partial charge in [-0.05, 0) is 36.5 Å². The van der Waals surface area contributed by atoms with Crippen LogP contribution in [-0.4, -0.2) is 30.9 Å². The van der Waals surface area contributed by atoms with Gasteiger partial charge in [0.1, 0.15) is 18.5 Å². The van der Waals surface area contributed by atoms with E-state index in [1.165, 1.54) is 25.7 Å². The minimum atomic E-state index is -0.554. The Bertz CT molecular complexity index is 462. The quantitative estimate of drug-likeness (QED) is 0.796. The third-order valence-electron chi connectivity index (χ3n) is 4.07. The first-order valence-electron chi connectivity index (χ1n) is 7.45.